The topological polar surface area (TPSA) is 40.6 Å². The SMILES string of the molecule is CN(C)C(=O)CN1Cc2c(Br)cccc2C1=O. The van der Waals surface area contributed by atoms with E-state index in [1.54, 1.807) is 25.1 Å². The van der Waals surface area contributed by atoms with Gasteiger partial charge < -0.3 is 9.80 Å². The predicted octanol–water partition coefficient (Wildman–Crippen LogP) is 1.49. The molecule has 0 spiro atoms. The molecule has 1 aromatic carbocycles. The van der Waals surface area contributed by atoms with Crippen molar-refractivity contribution in [3.8, 4) is 0 Å². The van der Waals surface area contributed by atoms with Crippen LogP contribution in [0.4, 0.5) is 0 Å². The van der Waals surface area contributed by atoms with Crippen molar-refractivity contribution in [1.29, 1.82) is 0 Å². The molecule has 0 saturated heterocycles. The van der Waals surface area contributed by atoms with Crippen molar-refractivity contribution in [2.75, 3.05) is 20.6 Å². The normalized spacial score (nSPS) is 13.8. The van der Waals surface area contributed by atoms with E-state index < -0.39 is 0 Å². The second kappa shape index (κ2) is 4.49. The highest BCUT2D eigenvalue weighted by Crippen LogP contribution is 2.29. The number of amides is 2. The Kier molecular flexibility index (Phi) is 3.19. The van der Waals surface area contributed by atoms with E-state index in [0.29, 0.717) is 12.1 Å². The number of halogens is 1. The highest BCUT2D eigenvalue weighted by molar-refractivity contribution is 9.10. The summed E-state index contributed by atoms with van der Waals surface area (Å²) >= 11 is 3.42. The van der Waals surface area contributed by atoms with E-state index in [4.69, 9.17) is 0 Å². The van der Waals surface area contributed by atoms with Gasteiger partial charge in [-0.25, -0.2) is 0 Å². The minimum Gasteiger partial charge on any atom is -0.347 e. The van der Waals surface area contributed by atoms with E-state index in [9.17, 15) is 9.59 Å². The lowest BCUT2D eigenvalue weighted by atomic mass is 10.1. The highest BCUT2D eigenvalue weighted by atomic mass is 79.9. The summed E-state index contributed by atoms with van der Waals surface area (Å²) in [7, 11) is 3.37. The maximum absolute atomic E-state index is 12.0. The second-order valence-corrected chi connectivity index (χ2v) is 5.07. The third kappa shape index (κ3) is 2.20. The molecule has 2 rings (SSSR count). The Morgan fingerprint density at radius 2 is 2.18 bits per heavy atom. The van der Waals surface area contributed by atoms with Crippen LogP contribution in [0.3, 0.4) is 0 Å². The van der Waals surface area contributed by atoms with Crippen LogP contribution in [0.5, 0.6) is 0 Å². The van der Waals surface area contributed by atoms with Gasteiger partial charge in [0.25, 0.3) is 5.91 Å². The average molecular weight is 297 g/mol. The molecule has 0 aromatic heterocycles. The lowest BCUT2D eigenvalue weighted by Gasteiger charge is -2.18. The summed E-state index contributed by atoms with van der Waals surface area (Å²) in [5.41, 5.74) is 1.65. The minimum atomic E-state index is -0.0727. The first-order valence-electron chi connectivity index (χ1n) is 5.27. The summed E-state index contributed by atoms with van der Waals surface area (Å²) in [5, 5.41) is 0. The second-order valence-electron chi connectivity index (χ2n) is 4.22. The van der Waals surface area contributed by atoms with E-state index in [0.717, 1.165) is 10.0 Å². The van der Waals surface area contributed by atoms with Crippen molar-refractivity contribution in [1.82, 2.24) is 9.80 Å². The van der Waals surface area contributed by atoms with Crippen LogP contribution < -0.4 is 0 Å². The van der Waals surface area contributed by atoms with E-state index in [-0.39, 0.29) is 18.4 Å². The number of rotatable bonds is 2. The smallest absolute Gasteiger partial charge is 0.255 e. The first kappa shape index (κ1) is 12.1. The molecule has 0 aliphatic carbocycles. The van der Waals surface area contributed by atoms with Crippen LogP contribution in [0.2, 0.25) is 0 Å². The molecular formula is C12H13BrN2O2. The number of hydrogen-bond acceptors (Lipinski definition) is 2. The number of carbonyl (C=O) groups is 2. The molecule has 5 heteroatoms. The van der Waals surface area contributed by atoms with Crippen LogP contribution in [0.15, 0.2) is 22.7 Å². The molecule has 4 nitrogen and oxygen atoms in total. The molecular weight excluding hydrogens is 284 g/mol. The molecule has 0 N–H and O–H groups in total. The molecule has 2 amide bonds. The van der Waals surface area contributed by atoms with Gasteiger partial charge in [0, 0.05) is 30.7 Å². The van der Waals surface area contributed by atoms with Crippen LogP contribution >= 0.6 is 15.9 Å². The average Bonchev–Trinajstić information content (AvgIpc) is 2.58. The molecule has 0 radical (unpaired) electrons. The maximum atomic E-state index is 12.0. The summed E-state index contributed by atoms with van der Waals surface area (Å²) < 4.78 is 0.920. The quantitative estimate of drug-likeness (QED) is 0.830. The number of hydrogen-bond donors (Lipinski definition) is 0. The fraction of sp³-hybridized carbons (Fsp3) is 0.333. The first-order valence-corrected chi connectivity index (χ1v) is 6.07. The standard InChI is InChI=1S/C12H13BrN2O2/c1-14(2)11(16)7-15-6-9-8(12(15)17)4-3-5-10(9)13/h3-5H,6-7H2,1-2H3. The molecule has 0 fully saturated rings. The Hall–Kier alpha value is -1.36. The highest BCUT2D eigenvalue weighted by Gasteiger charge is 2.30. The van der Waals surface area contributed by atoms with Crippen molar-refractivity contribution in [2.24, 2.45) is 0 Å². The Bertz CT molecular complexity index is 485. The number of nitrogens with zero attached hydrogens (tertiary/aromatic N) is 2. The summed E-state index contributed by atoms with van der Waals surface area (Å²) in [4.78, 5) is 26.7. The van der Waals surface area contributed by atoms with Crippen molar-refractivity contribution < 1.29 is 9.59 Å². The van der Waals surface area contributed by atoms with Gasteiger partial charge in [0.2, 0.25) is 5.91 Å². The Labute approximate surface area is 108 Å². The summed E-state index contributed by atoms with van der Waals surface area (Å²) in [6.07, 6.45) is 0. The first-order chi connectivity index (χ1) is 8.00. The molecule has 1 heterocycles. The van der Waals surface area contributed by atoms with Gasteiger partial charge in [0.15, 0.2) is 0 Å². The lowest BCUT2D eigenvalue weighted by Crippen LogP contribution is -2.36. The molecule has 1 aliphatic heterocycles. The summed E-state index contributed by atoms with van der Waals surface area (Å²) in [6, 6.07) is 5.53. The van der Waals surface area contributed by atoms with E-state index in [2.05, 4.69) is 15.9 Å². The van der Waals surface area contributed by atoms with Crippen LogP contribution in [0.1, 0.15) is 15.9 Å². The van der Waals surface area contributed by atoms with E-state index >= 15 is 0 Å². The predicted molar refractivity (Wildman–Crippen MR) is 67.6 cm³/mol. The Balaban J connectivity index is 2.20. The Morgan fingerprint density at radius 3 is 2.76 bits per heavy atom. The van der Waals surface area contributed by atoms with Gasteiger partial charge in [-0.3, -0.25) is 9.59 Å². The van der Waals surface area contributed by atoms with E-state index in [1.807, 2.05) is 12.1 Å². The third-order valence-electron chi connectivity index (χ3n) is 2.81. The number of fused-ring (bicyclic) bond motifs is 1. The molecule has 90 valence electrons. The molecule has 0 saturated carbocycles. The van der Waals surface area contributed by atoms with Gasteiger partial charge in [0.1, 0.15) is 6.54 Å². The molecule has 1 aromatic rings. The molecule has 0 atom stereocenters. The number of likely N-dealkylation sites (N-methyl/N-ethyl adjacent to an activating group) is 1. The van der Waals surface area contributed by atoms with E-state index in [1.165, 1.54) is 4.90 Å². The summed E-state index contributed by atoms with van der Waals surface area (Å²) in [5.74, 6) is -0.140. The fourth-order valence-corrected chi connectivity index (χ4v) is 2.28. The number of benzene rings is 1. The third-order valence-corrected chi connectivity index (χ3v) is 3.55. The number of carbonyl (C=O) groups excluding carboxylic acids is 2. The fourth-order valence-electron chi connectivity index (χ4n) is 1.79. The molecule has 17 heavy (non-hydrogen) atoms. The van der Waals surface area contributed by atoms with Gasteiger partial charge in [-0.2, -0.15) is 0 Å². The molecule has 1 aliphatic rings. The van der Waals surface area contributed by atoms with Gasteiger partial charge in [-0.1, -0.05) is 22.0 Å². The zero-order chi connectivity index (χ0) is 12.6. The van der Waals surface area contributed by atoms with Crippen LogP contribution in [0, 0.1) is 0 Å². The van der Waals surface area contributed by atoms with Crippen LogP contribution in [-0.4, -0.2) is 42.3 Å². The van der Waals surface area contributed by atoms with Gasteiger partial charge in [-0.15, -0.1) is 0 Å². The zero-order valence-electron chi connectivity index (χ0n) is 9.74. The maximum Gasteiger partial charge on any atom is 0.255 e. The zero-order valence-corrected chi connectivity index (χ0v) is 11.3. The van der Waals surface area contributed by atoms with Crippen molar-refractivity contribution in [2.45, 2.75) is 6.54 Å². The van der Waals surface area contributed by atoms with Crippen LogP contribution in [0.25, 0.3) is 0 Å². The van der Waals surface area contributed by atoms with Crippen molar-refractivity contribution in [3.05, 3.63) is 33.8 Å². The van der Waals surface area contributed by atoms with Crippen molar-refractivity contribution in [3.63, 3.8) is 0 Å². The van der Waals surface area contributed by atoms with Gasteiger partial charge in [0.05, 0.1) is 0 Å². The van der Waals surface area contributed by atoms with Crippen LogP contribution in [-0.2, 0) is 11.3 Å². The lowest BCUT2D eigenvalue weighted by molar-refractivity contribution is -0.129. The van der Waals surface area contributed by atoms with Gasteiger partial charge in [-0.05, 0) is 17.7 Å². The molecule has 0 unspecified atom stereocenters. The Morgan fingerprint density at radius 1 is 1.47 bits per heavy atom. The monoisotopic (exact) mass is 296 g/mol. The van der Waals surface area contributed by atoms with Crippen molar-refractivity contribution >= 4 is 27.7 Å². The van der Waals surface area contributed by atoms with Gasteiger partial charge >= 0.3 is 0 Å². The summed E-state index contributed by atoms with van der Waals surface area (Å²) in [6.45, 7) is 0.627. The minimum absolute atomic E-state index is 0.0673. The molecule has 0 bridgehead atoms. The largest absolute Gasteiger partial charge is 0.347 e.